The van der Waals surface area contributed by atoms with Gasteiger partial charge in [0.1, 0.15) is 5.75 Å². The second-order valence-electron chi connectivity index (χ2n) is 3.82. The van der Waals surface area contributed by atoms with Crippen LogP contribution in [0, 0.1) is 0 Å². The molecule has 0 bridgehead atoms. The molecule has 1 atom stereocenters. The maximum Gasteiger partial charge on any atom is 0.349 e. The number of nitrogen functional groups attached to an aromatic ring is 1. The second-order valence-corrected chi connectivity index (χ2v) is 3.82. The van der Waals surface area contributed by atoms with Crippen LogP contribution in [-0.4, -0.2) is 11.1 Å². The van der Waals surface area contributed by atoms with Gasteiger partial charge in [-0.05, 0) is 24.3 Å². The molecule has 0 spiro atoms. The van der Waals surface area contributed by atoms with E-state index in [1.165, 1.54) is 0 Å². The van der Waals surface area contributed by atoms with E-state index in [2.05, 4.69) is 0 Å². The fraction of sp³-hybridized carbons (Fsp3) is 0.0714. The van der Waals surface area contributed by atoms with Crippen molar-refractivity contribution in [3.63, 3.8) is 0 Å². The van der Waals surface area contributed by atoms with E-state index in [9.17, 15) is 9.90 Å². The summed E-state index contributed by atoms with van der Waals surface area (Å²) < 4.78 is 5.46. The zero-order valence-corrected chi connectivity index (χ0v) is 9.61. The van der Waals surface area contributed by atoms with Gasteiger partial charge < -0.3 is 15.6 Å². The van der Waals surface area contributed by atoms with E-state index < -0.39 is 12.1 Å². The van der Waals surface area contributed by atoms with Crippen molar-refractivity contribution in [2.24, 2.45) is 0 Å². The van der Waals surface area contributed by atoms with Gasteiger partial charge in [0.05, 0.1) is 0 Å². The van der Waals surface area contributed by atoms with Gasteiger partial charge in [-0.25, -0.2) is 4.79 Å². The zero-order valence-electron chi connectivity index (χ0n) is 9.61. The highest BCUT2D eigenvalue weighted by Gasteiger charge is 2.21. The van der Waals surface area contributed by atoms with E-state index in [-0.39, 0.29) is 0 Å². The summed E-state index contributed by atoms with van der Waals surface area (Å²) in [6.45, 7) is 0. The number of ether oxygens (including phenoxy) is 1. The van der Waals surface area contributed by atoms with Crippen molar-refractivity contribution < 1.29 is 14.6 Å². The summed E-state index contributed by atoms with van der Waals surface area (Å²) in [5.74, 6) is -0.557. The van der Waals surface area contributed by atoms with Crippen molar-refractivity contribution in [1.82, 2.24) is 0 Å². The highest BCUT2D eigenvalue weighted by molar-refractivity contribution is 5.74. The number of anilines is 1. The van der Waals surface area contributed by atoms with Crippen LogP contribution >= 0.6 is 0 Å². The van der Waals surface area contributed by atoms with Gasteiger partial charge in [0.2, 0.25) is 6.10 Å². The Labute approximate surface area is 105 Å². The van der Waals surface area contributed by atoms with Crippen LogP contribution in [0.5, 0.6) is 5.75 Å². The van der Waals surface area contributed by atoms with Gasteiger partial charge in [0.15, 0.2) is 0 Å². The van der Waals surface area contributed by atoms with Crippen LogP contribution < -0.4 is 10.5 Å². The molecule has 2 rings (SSSR count). The number of hydrogen-bond acceptors (Lipinski definition) is 3. The molecule has 0 heterocycles. The summed E-state index contributed by atoms with van der Waals surface area (Å²) in [4.78, 5) is 11.2. The molecule has 4 heteroatoms. The molecule has 0 amide bonds. The van der Waals surface area contributed by atoms with E-state index in [0.717, 1.165) is 0 Å². The van der Waals surface area contributed by atoms with Crippen LogP contribution in [0.25, 0.3) is 0 Å². The summed E-state index contributed by atoms with van der Waals surface area (Å²) in [7, 11) is 0. The molecular formula is C14H13NO3. The third-order valence-electron chi connectivity index (χ3n) is 2.46. The summed E-state index contributed by atoms with van der Waals surface area (Å²) >= 11 is 0. The Morgan fingerprint density at radius 3 is 2.22 bits per heavy atom. The number of carbonyl (C=O) groups is 1. The number of carboxylic acids is 1. The first-order valence-electron chi connectivity index (χ1n) is 5.47. The lowest BCUT2D eigenvalue weighted by atomic mass is 10.1. The first-order chi connectivity index (χ1) is 8.66. The lowest BCUT2D eigenvalue weighted by Gasteiger charge is -2.15. The van der Waals surface area contributed by atoms with Crippen molar-refractivity contribution in [1.29, 1.82) is 0 Å². The van der Waals surface area contributed by atoms with Crippen LogP contribution in [0.3, 0.4) is 0 Å². The molecule has 2 aromatic rings. The maximum atomic E-state index is 11.2. The Balaban J connectivity index is 2.22. The van der Waals surface area contributed by atoms with Crippen molar-refractivity contribution >= 4 is 11.7 Å². The SMILES string of the molecule is Nc1ccc(OC(C(=O)O)c2ccccc2)cc1. The molecule has 0 radical (unpaired) electrons. The van der Waals surface area contributed by atoms with E-state index in [4.69, 9.17) is 10.5 Å². The molecule has 4 nitrogen and oxygen atoms in total. The van der Waals surface area contributed by atoms with Gasteiger partial charge in [0, 0.05) is 11.3 Å². The first kappa shape index (κ1) is 12.0. The van der Waals surface area contributed by atoms with E-state index in [1.54, 1.807) is 48.5 Å². The monoisotopic (exact) mass is 243 g/mol. The average Bonchev–Trinajstić information content (AvgIpc) is 2.38. The van der Waals surface area contributed by atoms with Crippen molar-refractivity contribution in [2.45, 2.75) is 6.10 Å². The number of benzene rings is 2. The molecule has 0 aliphatic carbocycles. The van der Waals surface area contributed by atoms with Crippen LogP contribution in [-0.2, 0) is 4.79 Å². The average molecular weight is 243 g/mol. The van der Waals surface area contributed by atoms with Crippen LogP contribution in [0.1, 0.15) is 11.7 Å². The molecule has 0 saturated heterocycles. The predicted molar refractivity (Wildman–Crippen MR) is 68.3 cm³/mol. The summed E-state index contributed by atoms with van der Waals surface area (Å²) in [5, 5.41) is 9.19. The quantitative estimate of drug-likeness (QED) is 0.809. The minimum absolute atomic E-state index is 0.473. The molecule has 3 N–H and O–H groups in total. The third kappa shape index (κ3) is 2.79. The maximum absolute atomic E-state index is 11.2. The molecule has 18 heavy (non-hydrogen) atoms. The molecule has 0 fully saturated rings. The topological polar surface area (TPSA) is 72.5 Å². The molecule has 0 aromatic heterocycles. The van der Waals surface area contributed by atoms with E-state index in [0.29, 0.717) is 17.0 Å². The fourth-order valence-electron chi connectivity index (χ4n) is 1.57. The summed E-state index contributed by atoms with van der Waals surface area (Å²) in [5.41, 5.74) is 6.76. The largest absolute Gasteiger partial charge is 0.478 e. The van der Waals surface area contributed by atoms with E-state index >= 15 is 0 Å². The number of carboxylic acid groups (broad SMARTS) is 1. The van der Waals surface area contributed by atoms with Gasteiger partial charge in [-0.2, -0.15) is 0 Å². The van der Waals surface area contributed by atoms with Gasteiger partial charge in [-0.1, -0.05) is 30.3 Å². The first-order valence-corrected chi connectivity index (χ1v) is 5.47. The Morgan fingerprint density at radius 1 is 1.06 bits per heavy atom. The van der Waals surface area contributed by atoms with Crippen LogP contribution in [0.2, 0.25) is 0 Å². The molecule has 2 aromatic carbocycles. The van der Waals surface area contributed by atoms with Gasteiger partial charge >= 0.3 is 5.97 Å². The Kier molecular flexibility index (Phi) is 3.48. The van der Waals surface area contributed by atoms with Crippen molar-refractivity contribution in [3.8, 4) is 5.75 Å². The minimum Gasteiger partial charge on any atom is -0.478 e. The van der Waals surface area contributed by atoms with Gasteiger partial charge in [-0.15, -0.1) is 0 Å². The Bertz CT molecular complexity index is 522. The summed E-state index contributed by atoms with van der Waals surface area (Å²) in [6.07, 6.45) is -1.02. The Hall–Kier alpha value is -2.49. The zero-order chi connectivity index (χ0) is 13.0. The molecular weight excluding hydrogens is 230 g/mol. The normalized spacial score (nSPS) is 11.8. The number of hydrogen-bond donors (Lipinski definition) is 2. The third-order valence-corrected chi connectivity index (χ3v) is 2.46. The fourth-order valence-corrected chi connectivity index (χ4v) is 1.57. The summed E-state index contributed by atoms with van der Waals surface area (Å²) in [6, 6.07) is 15.4. The Morgan fingerprint density at radius 2 is 1.67 bits per heavy atom. The molecule has 0 aliphatic rings. The minimum atomic E-state index is -1.03. The lowest BCUT2D eigenvalue weighted by Crippen LogP contribution is -2.18. The van der Waals surface area contributed by atoms with E-state index in [1.807, 2.05) is 6.07 Å². The molecule has 0 saturated carbocycles. The highest BCUT2D eigenvalue weighted by atomic mass is 16.5. The van der Waals surface area contributed by atoms with Gasteiger partial charge in [-0.3, -0.25) is 0 Å². The lowest BCUT2D eigenvalue weighted by molar-refractivity contribution is -0.145. The van der Waals surface area contributed by atoms with Gasteiger partial charge in [0.25, 0.3) is 0 Å². The number of aliphatic carboxylic acids is 1. The molecule has 92 valence electrons. The van der Waals surface area contributed by atoms with Crippen LogP contribution in [0.15, 0.2) is 54.6 Å². The molecule has 0 aliphatic heterocycles. The number of rotatable bonds is 4. The van der Waals surface area contributed by atoms with Crippen molar-refractivity contribution in [2.75, 3.05) is 5.73 Å². The number of nitrogens with two attached hydrogens (primary N) is 1. The molecule has 1 unspecified atom stereocenters. The second kappa shape index (κ2) is 5.23. The predicted octanol–water partition coefficient (Wildman–Crippen LogP) is 2.47. The standard InChI is InChI=1S/C14H13NO3/c15-11-6-8-12(9-7-11)18-13(14(16)17)10-4-2-1-3-5-10/h1-9,13H,15H2,(H,16,17). The van der Waals surface area contributed by atoms with Crippen molar-refractivity contribution in [3.05, 3.63) is 60.2 Å². The van der Waals surface area contributed by atoms with Crippen LogP contribution in [0.4, 0.5) is 5.69 Å². The highest BCUT2D eigenvalue weighted by Crippen LogP contribution is 2.23. The smallest absolute Gasteiger partial charge is 0.349 e.